The third kappa shape index (κ3) is 3.64. The Morgan fingerprint density at radius 3 is 2.69 bits per heavy atom. The molecule has 1 aromatic heterocycles. The average molecular weight is 562 g/mol. The third-order valence-corrected chi connectivity index (χ3v) is 8.20. The van der Waals surface area contributed by atoms with Gasteiger partial charge in [-0.25, -0.2) is 4.90 Å². The summed E-state index contributed by atoms with van der Waals surface area (Å²) in [5.74, 6) is -3.53. The van der Waals surface area contributed by atoms with Crippen molar-refractivity contribution < 1.29 is 41.9 Å². The molecular formula is C26H19ClF3N3O6. The molecule has 0 radical (unpaired) electrons. The number of hydrogen-bond donors (Lipinski definition) is 1. The fourth-order valence-electron chi connectivity index (χ4n) is 6.20. The second-order valence-corrected chi connectivity index (χ2v) is 10.5. The Bertz CT molecular complexity index is 1590. The molecule has 39 heavy (non-hydrogen) atoms. The molecule has 2 amide bonds. The molecule has 1 N–H and O–H groups in total. The van der Waals surface area contributed by atoms with Crippen LogP contribution in [0.2, 0.25) is 5.02 Å². The first-order valence-electron chi connectivity index (χ1n) is 11.9. The van der Waals surface area contributed by atoms with Crippen LogP contribution < -0.4 is 9.64 Å². The van der Waals surface area contributed by atoms with E-state index in [-0.39, 0.29) is 31.0 Å². The topological polar surface area (TPSA) is 126 Å². The summed E-state index contributed by atoms with van der Waals surface area (Å²) in [4.78, 5) is 27.9. The maximum Gasteiger partial charge on any atom is 0.417 e. The number of ether oxygens (including phenoxy) is 2. The Morgan fingerprint density at radius 1 is 1.23 bits per heavy atom. The molecule has 4 heterocycles. The average Bonchev–Trinajstić information content (AvgIpc) is 3.55. The van der Waals surface area contributed by atoms with Gasteiger partial charge < -0.3 is 19.1 Å². The quantitative estimate of drug-likeness (QED) is 0.459. The summed E-state index contributed by atoms with van der Waals surface area (Å²) >= 11 is 6.05. The normalized spacial score (nSPS) is 29.8. The summed E-state index contributed by atoms with van der Waals surface area (Å²) in [6.45, 7) is 1.49. The summed E-state index contributed by atoms with van der Waals surface area (Å²) in [5.41, 5.74) is -4.49. The van der Waals surface area contributed by atoms with Crippen LogP contribution in [0.5, 0.6) is 5.88 Å². The molecule has 3 aliphatic heterocycles. The fourth-order valence-corrected chi connectivity index (χ4v) is 6.37. The number of carbonyl (C=O) groups is 2. The molecule has 9 nitrogen and oxygen atoms in total. The van der Waals surface area contributed by atoms with Crippen molar-refractivity contribution >= 4 is 40.1 Å². The van der Waals surface area contributed by atoms with E-state index in [0.717, 1.165) is 12.1 Å². The van der Waals surface area contributed by atoms with Crippen molar-refractivity contribution in [3.8, 4) is 11.9 Å². The molecule has 2 bridgehead atoms. The molecule has 3 saturated heterocycles. The SMILES string of the molecule is CC12OC(CCOc3noc4ccc(Cl)cc34)(CC1O)C1C(=O)N(c3ccc(C#N)c(C(F)(F)F)c3)C(=O)C12. The van der Waals surface area contributed by atoms with Gasteiger partial charge in [0.15, 0.2) is 5.58 Å². The number of hydrogen-bond acceptors (Lipinski definition) is 8. The van der Waals surface area contributed by atoms with Gasteiger partial charge in [-0.2, -0.15) is 18.4 Å². The molecule has 0 spiro atoms. The highest BCUT2D eigenvalue weighted by Crippen LogP contribution is 2.62. The summed E-state index contributed by atoms with van der Waals surface area (Å²) in [6.07, 6.45) is -5.88. The van der Waals surface area contributed by atoms with Gasteiger partial charge in [0.1, 0.15) is 5.60 Å². The van der Waals surface area contributed by atoms with Crippen molar-refractivity contribution in [2.24, 2.45) is 11.8 Å². The minimum absolute atomic E-state index is 0.0213. The minimum atomic E-state index is -4.87. The van der Waals surface area contributed by atoms with Gasteiger partial charge in [-0.15, -0.1) is 0 Å². The number of imide groups is 1. The van der Waals surface area contributed by atoms with Gasteiger partial charge in [0.25, 0.3) is 5.88 Å². The van der Waals surface area contributed by atoms with Crippen LogP contribution in [0.1, 0.15) is 30.9 Å². The molecule has 5 atom stereocenters. The van der Waals surface area contributed by atoms with E-state index in [9.17, 15) is 27.9 Å². The molecule has 3 fully saturated rings. The van der Waals surface area contributed by atoms with E-state index in [1.54, 1.807) is 18.2 Å². The lowest BCUT2D eigenvalue weighted by Crippen LogP contribution is -2.49. The highest BCUT2D eigenvalue weighted by Gasteiger charge is 2.77. The maximum absolute atomic E-state index is 13.7. The standard InChI is InChI=1S/C26H19ClF3N3O6/c1-24-18(34)10-25(39-24,6-7-37-21-15-8-13(27)3-5-17(15)38-32-21)20-19(24)22(35)33(23(20)36)14-4-2-12(11-31)16(9-14)26(28,29)30/h2-5,8-9,18-20,34H,6-7,10H2,1H3. The summed E-state index contributed by atoms with van der Waals surface area (Å²) in [5, 5.41) is 24.8. The number of nitrogens with zero attached hydrogens (tertiary/aromatic N) is 3. The van der Waals surface area contributed by atoms with Gasteiger partial charge in [-0.05, 0) is 48.5 Å². The van der Waals surface area contributed by atoms with Crippen molar-refractivity contribution in [3.63, 3.8) is 0 Å². The fraction of sp³-hybridized carbons (Fsp3) is 0.385. The van der Waals surface area contributed by atoms with Crippen LogP contribution in [0.4, 0.5) is 18.9 Å². The van der Waals surface area contributed by atoms with E-state index in [1.165, 1.54) is 13.0 Å². The maximum atomic E-state index is 13.7. The van der Waals surface area contributed by atoms with Crippen molar-refractivity contribution in [2.45, 2.75) is 43.2 Å². The van der Waals surface area contributed by atoms with E-state index in [4.69, 9.17) is 30.9 Å². The molecular weight excluding hydrogens is 543 g/mol. The molecule has 13 heteroatoms. The number of aromatic nitrogens is 1. The second-order valence-electron chi connectivity index (χ2n) is 10.1. The number of fused-ring (bicyclic) bond motifs is 6. The Labute approximate surface area is 223 Å². The predicted molar refractivity (Wildman–Crippen MR) is 128 cm³/mol. The summed E-state index contributed by atoms with van der Waals surface area (Å²) in [6, 6.07) is 9.02. The number of halogens is 4. The lowest BCUT2D eigenvalue weighted by molar-refractivity contribution is -0.138. The van der Waals surface area contributed by atoms with Gasteiger partial charge >= 0.3 is 6.18 Å². The highest BCUT2D eigenvalue weighted by molar-refractivity contribution is 6.31. The van der Waals surface area contributed by atoms with Gasteiger partial charge in [-0.3, -0.25) is 9.59 Å². The first kappa shape index (κ1) is 25.6. The second kappa shape index (κ2) is 8.42. The van der Waals surface area contributed by atoms with Crippen LogP contribution in [0.15, 0.2) is 40.9 Å². The number of rotatable bonds is 5. The molecule has 2 aromatic carbocycles. The number of aliphatic hydroxyl groups is 1. The summed E-state index contributed by atoms with van der Waals surface area (Å²) < 4.78 is 58.0. The first-order valence-corrected chi connectivity index (χ1v) is 12.3. The lowest BCUT2D eigenvalue weighted by atomic mass is 9.66. The van der Waals surface area contributed by atoms with Crippen LogP contribution in [0.3, 0.4) is 0 Å². The van der Waals surface area contributed by atoms with Gasteiger partial charge in [0.2, 0.25) is 11.8 Å². The first-order chi connectivity index (χ1) is 18.4. The number of alkyl halides is 3. The highest BCUT2D eigenvalue weighted by atomic mass is 35.5. The molecule has 5 unspecified atom stereocenters. The van der Waals surface area contributed by atoms with Crippen LogP contribution in [-0.2, 0) is 20.5 Å². The van der Waals surface area contributed by atoms with Gasteiger partial charge in [0.05, 0.1) is 58.4 Å². The smallest absolute Gasteiger partial charge is 0.417 e. The monoisotopic (exact) mass is 561 g/mol. The van der Waals surface area contributed by atoms with Crippen molar-refractivity contribution in [2.75, 3.05) is 11.5 Å². The van der Waals surface area contributed by atoms with Crippen LogP contribution >= 0.6 is 11.6 Å². The molecule has 6 rings (SSSR count). The number of carbonyl (C=O) groups excluding carboxylic acids is 2. The van der Waals surface area contributed by atoms with Crippen LogP contribution in [0.25, 0.3) is 11.0 Å². The number of amides is 2. The number of nitriles is 1. The van der Waals surface area contributed by atoms with Gasteiger partial charge in [0, 0.05) is 17.9 Å². The van der Waals surface area contributed by atoms with Crippen LogP contribution in [-0.4, -0.2) is 46.0 Å². The predicted octanol–water partition coefficient (Wildman–Crippen LogP) is 4.24. The van der Waals surface area contributed by atoms with Gasteiger partial charge in [-0.1, -0.05) is 11.6 Å². The third-order valence-electron chi connectivity index (χ3n) is 7.96. The zero-order valence-electron chi connectivity index (χ0n) is 20.2. The molecule has 202 valence electrons. The zero-order chi connectivity index (χ0) is 27.9. The van der Waals surface area contributed by atoms with E-state index in [1.807, 2.05) is 0 Å². The molecule has 0 aliphatic carbocycles. The largest absolute Gasteiger partial charge is 0.475 e. The van der Waals surface area contributed by atoms with E-state index >= 15 is 0 Å². The Morgan fingerprint density at radius 2 is 1.97 bits per heavy atom. The zero-order valence-corrected chi connectivity index (χ0v) is 20.9. The number of benzene rings is 2. The Kier molecular flexibility index (Phi) is 5.53. The van der Waals surface area contributed by atoms with E-state index in [2.05, 4.69) is 5.16 Å². The van der Waals surface area contributed by atoms with E-state index in [0.29, 0.717) is 27.0 Å². The Hall–Kier alpha value is -3.66. The van der Waals surface area contributed by atoms with Crippen molar-refractivity contribution in [1.29, 1.82) is 5.26 Å². The minimum Gasteiger partial charge on any atom is -0.475 e. The lowest BCUT2D eigenvalue weighted by Gasteiger charge is -2.33. The molecule has 3 aliphatic rings. The number of anilines is 1. The van der Waals surface area contributed by atoms with Crippen molar-refractivity contribution in [3.05, 3.63) is 52.5 Å². The van der Waals surface area contributed by atoms with Crippen LogP contribution in [0, 0.1) is 23.2 Å². The summed E-state index contributed by atoms with van der Waals surface area (Å²) in [7, 11) is 0. The Balaban J connectivity index is 1.31. The van der Waals surface area contributed by atoms with Crippen molar-refractivity contribution in [1.82, 2.24) is 5.16 Å². The van der Waals surface area contributed by atoms with E-state index < -0.39 is 58.3 Å². The molecule has 3 aromatic rings. The number of aliphatic hydroxyl groups excluding tert-OH is 1. The molecule has 0 saturated carbocycles.